The molecule has 11 heteroatoms. The topological polar surface area (TPSA) is 72.1 Å². The molecule has 0 aromatic carbocycles. The number of nitrogens with zero attached hydrogens (tertiary/aromatic N) is 7. The standard InChI is InChI=1S/C19H16F3N7S/c1-10-11(2)17(27-29-16(10)25-26-18(29)19(20,21)22)28-6-4-14-13(9-28)7-12(8-23-14)15-3-5-24-30-15/h3,5,7-8H,4,6,9H2,1-2H3. The highest BCUT2D eigenvalue weighted by molar-refractivity contribution is 7.09. The molecule has 0 atom stereocenters. The van der Waals surface area contributed by atoms with Crippen molar-refractivity contribution in [2.24, 2.45) is 0 Å². The molecule has 1 aliphatic rings. The lowest BCUT2D eigenvalue weighted by molar-refractivity contribution is -0.146. The lowest BCUT2D eigenvalue weighted by Crippen LogP contribution is -2.33. The van der Waals surface area contributed by atoms with E-state index >= 15 is 0 Å². The Morgan fingerprint density at radius 2 is 1.97 bits per heavy atom. The van der Waals surface area contributed by atoms with Crippen LogP contribution in [0.5, 0.6) is 0 Å². The number of anilines is 1. The van der Waals surface area contributed by atoms with E-state index in [2.05, 4.69) is 30.7 Å². The third-order valence-electron chi connectivity index (χ3n) is 5.38. The third-order valence-corrected chi connectivity index (χ3v) is 6.18. The molecule has 30 heavy (non-hydrogen) atoms. The third kappa shape index (κ3) is 3.00. The average molecular weight is 431 g/mol. The summed E-state index contributed by atoms with van der Waals surface area (Å²) >= 11 is 1.39. The van der Waals surface area contributed by atoms with Crippen LogP contribution in [0.1, 0.15) is 28.2 Å². The molecule has 0 bridgehead atoms. The van der Waals surface area contributed by atoms with Crippen LogP contribution in [0.3, 0.4) is 0 Å². The van der Waals surface area contributed by atoms with Crippen LogP contribution in [0.4, 0.5) is 19.0 Å². The fraction of sp³-hybridized carbons (Fsp3) is 0.316. The number of rotatable bonds is 2. The van der Waals surface area contributed by atoms with Crippen molar-refractivity contribution in [1.82, 2.24) is 29.2 Å². The monoisotopic (exact) mass is 431 g/mol. The first-order valence-corrected chi connectivity index (χ1v) is 10.0. The van der Waals surface area contributed by atoms with Crippen molar-refractivity contribution in [3.63, 3.8) is 0 Å². The highest BCUT2D eigenvalue weighted by Crippen LogP contribution is 2.33. The molecule has 5 rings (SSSR count). The summed E-state index contributed by atoms with van der Waals surface area (Å²) in [6.07, 6.45) is -0.360. The van der Waals surface area contributed by atoms with Crippen LogP contribution in [0, 0.1) is 13.8 Å². The van der Waals surface area contributed by atoms with Gasteiger partial charge in [-0.3, -0.25) is 4.98 Å². The first kappa shape index (κ1) is 18.9. The Bertz CT molecular complexity index is 1250. The first-order valence-electron chi connectivity index (χ1n) is 9.26. The van der Waals surface area contributed by atoms with Gasteiger partial charge in [-0.1, -0.05) is 0 Å². The molecular weight excluding hydrogens is 415 g/mol. The summed E-state index contributed by atoms with van der Waals surface area (Å²) < 4.78 is 45.0. The van der Waals surface area contributed by atoms with E-state index in [1.165, 1.54) is 11.5 Å². The molecule has 0 saturated carbocycles. The van der Waals surface area contributed by atoms with Crippen molar-refractivity contribution >= 4 is 23.0 Å². The summed E-state index contributed by atoms with van der Waals surface area (Å²) in [4.78, 5) is 7.60. The highest BCUT2D eigenvalue weighted by atomic mass is 32.1. The fourth-order valence-corrected chi connectivity index (χ4v) is 4.27. The molecule has 0 N–H and O–H groups in total. The molecule has 7 nitrogen and oxygen atoms in total. The number of hydrogen-bond acceptors (Lipinski definition) is 7. The molecule has 0 spiro atoms. The number of aryl methyl sites for hydroxylation is 1. The molecule has 4 aromatic rings. The lowest BCUT2D eigenvalue weighted by Gasteiger charge is -2.30. The Morgan fingerprint density at radius 1 is 1.13 bits per heavy atom. The van der Waals surface area contributed by atoms with E-state index in [4.69, 9.17) is 0 Å². The van der Waals surface area contributed by atoms with Crippen LogP contribution in [-0.2, 0) is 19.1 Å². The van der Waals surface area contributed by atoms with Crippen LogP contribution >= 0.6 is 11.5 Å². The molecular formula is C19H16F3N7S. The van der Waals surface area contributed by atoms with E-state index in [1.807, 2.05) is 24.1 Å². The molecule has 5 heterocycles. The summed E-state index contributed by atoms with van der Waals surface area (Å²) in [6.45, 7) is 4.71. The minimum Gasteiger partial charge on any atom is -0.350 e. The smallest absolute Gasteiger partial charge is 0.350 e. The van der Waals surface area contributed by atoms with Crippen LogP contribution < -0.4 is 4.90 Å². The van der Waals surface area contributed by atoms with Gasteiger partial charge in [-0.2, -0.15) is 17.7 Å². The lowest BCUT2D eigenvalue weighted by atomic mass is 10.0. The molecule has 0 unspecified atom stereocenters. The van der Waals surface area contributed by atoms with Crippen LogP contribution in [0.25, 0.3) is 16.1 Å². The van der Waals surface area contributed by atoms with Gasteiger partial charge in [0.1, 0.15) is 0 Å². The molecule has 0 fully saturated rings. The number of alkyl halides is 3. The van der Waals surface area contributed by atoms with Gasteiger partial charge in [0.15, 0.2) is 11.5 Å². The maximum absolute atomic E-state index is 13.3. The molecule has 0 aliphatic carbocycles. The van der Waals surface area contributed by atoms with Gasteiger partial charge >= 0.3 is 6.18 Å². The van der Waals surface area contributed by atoms with Gasteiger partial charge in [0.2, 0.25) is 0 Å². The van der Waals surface area contributed by atoms with E-state index < -0.39 is 12.0 Å². The summed E-state index contributed by atoms with van der Waals surface area (Å²) in [5, 5.41) is 11.3. The highest BCUT2D eigenvalue weighted by Gasteiger charge is 2.38. The Labute approximate surface area is 173 Å². The van der Waals surface area contributed by atoms with Gasteiger partial charge in [-0.25, -0.2) is 4.37 Å². The van der Waals surface area contributed by atoms with Crippen molar-refractivity contribution in [3.05, 3.63) is 52.7 Å². The van der Waals surface area contributed by atoms with Gasteiger partial charge < -0.3 is 4.90 Å². The van der Waals surface area contributed by atoms with E-state index in [-0.39, 0.29) is 5.65 Å². The zero-order chi connectivity index (χ0) is 21.0. The van der Waals surface area contributed by atoms with Gasteiger partial charge in [0.25, 0.3) is 5.82 Å². The summed E-state index contributed by atoms with van der Waals surface area (Å²) in [5.74, 6) is -0.618. The van der Waals surface area contributed by atoms with Crippen molar-refractivity contribution in [1.29, 1.82) is 0 Å². The maximum Gasteiger partial charge on any atom is 0.453 e. The molecule has 0 radical (unpaired) electrons. The van der Waals surface area contributed by atoms with E-state index in [9.17, 15) is 13.2 Å². The summed E-state index contributed by atoms with van der Waals surface area (Å²) in [5.41, 5.74) is 4.55. The average Bonchev–Trinajstić information content (AvgIpc) is 3.39. The Hall–Kier alpha value is -3.08. The fourth-order valence-electron chi connectivity index (χ4n) is 3.70. The molecule has 4 aromatic heterocycles. The first-order chi connectivity index (χ1) is 14.3. The minimum absolute atomic E-state index is 0.120. The second kappa shape index (κ2) is 6.73. The second-order valence-electron chi connectivity index (χ2n) is 7.21. The summed E-state index contributed by atoms with van der Waals surface area (Å²) in [7, 11) is 0. The molecule has 0 saturated heterocycles. The van der Waals surface area contributed by atoms with E-state index in [0.717, 1.165) is 31.8 Å². The number of pyridine rings is 1. The van der Waals surface area contributed by atoms with Crippen LogP contribution in [0.15, 0.2) is 24.5 Å². The normalized spacial score (nSPS) is 14.4. The van der Waals surface area contributed by atoms with Gasteiger partial charge in [-0.05, 0) is 43.1 Å². The van der Waals surface area contributed by atoms with Crippen LogP contribution in [0.2, 0.25) is 0 Å². The van der Waals surface area contributed by atoms with E-state index in [1.54, 1.807) is 13.1 Å². The SMILES string of the molecule is Cc1c(N2CCc3ncc(-c4ccns4)cc3C2)nn2c(C(F)(F)F)nnc2c1C. The van der Waals surface area contributed by atoms with Crippen LogP contribution in [-0.4, -0.2) is 35.7 Å². The largest absolute Gasteiger partial charge is 0.453 e. The zero-order valence-electron chi connectivity index (χ0n) is 16.1. The Kier molecular flexibility index (Phi) is 4.24. The zero-order valence-corrected chi connectivity index (χ0v) is 16.9. The van der Waals surface area contributed by atoms with Gasteiger partial charge in [-0.15, -0.1) is 15.3 Å². The number of halogens is 3. The molecule has 154 valence electrons. The Morgan fingerprint density at radius 3 is 2.70 bits per heavy atom. The number of aromatic nitrogens is 6. The second-order valence-corrected chi connectivity index (χ2v) is 8.04. The molecule has 0 amide bonds. The molecule has 1 aliphatic heterocycles. The van der Waals surface area contributed by atoms with Gasteiger partial charge in [0.05, 0.1) is 4.88 Å². The summed E-state index contributed by atoms with van der Waals surface area (Å²) in [6, 6.07) is 4.00. The van der Waals surface area contributed by atoms with Crippen molar-refractivity contribution in [2.45, 2.75) is 33.0 Å². The predicted octanol–water partition coefficient (Wildman–Crippen LogP) is 3.84. The Balaban J connectivity index is 1.57. The predicted molar refractivity (Wildman–Crippen MR) is 105 cm³/mol. The van der Waals surface area contributed by atoms with Crippen molar-refractivity contribution in [2.75, 3.05) is 11.4 Å². The quantitative estimate of drug-likeness (QED) is 0.480. The van der Waals surface area contributed by atoms with Gasteiger partial charge in [0, 0.05) is 54.3 Å². The van der Waals surface area contributed by atoms with Crippen molar-refractivity contribution in [3.8, 4) is 10.4 Å². The van der Waals surface area contributed by atoms with E-state index in [0.29, 0.717) is 30.9 Å². The maximum atomic E-state index is 13.3. The number of fused-ring (bicyclic) bond motifs is 2. The minimum atomic E-state index is -4.63. The van der Waals surface area contributed by atoms with Crippen molar-refractivity contribution < 1.29 is 13.2 Å². The number of hydrogen-bond donors (Lipinski definition) is 0.